The van der Waals surface area contributed by atoms with E-state index in [0.29, 0.717) is 68.1 Å². The number of phosphoric ester groups is 1. The van der Waals surface area contributed by atoms with Gasteiger partial charge in [0.2, 0.25) is 11.8 Å². The number of carbonyl (C=O) groups excluding carboxylic acids is 7. The molecule has 0 spiro atoms. The Morgan fingerprint density at radius 3 is 1.50 bits per heavy atom. The minimum absolute atomic E-state index is 0.0287. The number of carbonyl (C=O) groups is 11. The molecule has 15 N–H and O–H groups in total. The van der Waals surface area contributed by atoms with E-state index in [1.54, 1.807) is 0 Å². The fraction of sp³-hybridized carbons (Fsp3) is 0.434. The Balaban J connectivity index is 0.000000368. The standard InChI is InChI=1S/C47H57N6O21P3S2.C29H34N2O8S/c48-44-43-28(23-53(45(43)50-27-49-44)41-22-38(56)39(72-41)25-71-76(66,67)74-77(68,69)73-75(63,64)65)11-5-6-12-29(54)19-20-78-79-26-36(37(55)17-3-1-2-4-18-40(57)51-35(46(60)61)21-42(58)59)52-47(62)70-24-34-32-15-9-7-13-30(32)31-14-8-10-16-33(31)34;32-25(13-3-1-2-4-14-26(33)30-23(28(36)37)15-27(34)35)24(17-40)31-29(38)39-16-22-20-11-7-5-9-18(20)19-10-6-8-12-21(19)22/h7-10,13-16,23,27,34-36,38-39,41,56H,1-4,6,12,17-22,24-26H2,(H,51,57)(H,52,62)(H,58,59)(H,60,61)(H,66,67)(H,68,69)(H2,48,49,50)(H2,63,64,65);5-12,22-24,40H,1-4,13-17H2,(H,30,33)(H,31,38)(H,34,35)(H,36,37). The highest BCUT2D eigenvalue weighted by molar-refractivity contribution is 8.76. The van der Waals surface area contributed by atoms with Crippen molar-refractivity contribution in [1.82, 2.24) is 35.8 Å². The van der Waals surface area contributed by atoms with Crippen LogP contribution in [-0.4, -0.2) is 198 Å². The van der Waals surface area contributed by atoms with Crippen molar-refractivity contribution in [2.45, 2.75) is 170 Å². The van der Waals surface area contributed by atoms with E-state index in [1.165, 1.54) is 38.7 Å². The third-order valence-electron chi connectivity index (χ3n) is 18.9. The number of benzene rings is 4. The van der Waals surface area contributed by atoms with Gasteiger partial charge in [-0.3, -0.25) is 38.1 Å². The van der Waals surface area contributed by atoms with Crippen molar-refractivity contribution in [2.75, 3.05) is 42.8 Å². The van der Waals surface area contributed by atoms with Crippen LogP contribution < -0.4 is 27.0 Å². The molecule has 37 nitrogen and oxygen atoms in total. The van der Waals surface area contributed by atoms with Gasteiger partial charge in [-0.25, -0.2) is 42.8 Å². The topological polar surface area (TPSA) is 581 Å². The van der Waals surface area contributed by atoms with Crippen molar-refractivity contribution in [2.24, 2.45) is 0 Å². The van der Waals surface area contributed by atoms with Gasteiger partial charge in [-0.15, -0.1) is 0 Å². The SMILES string of the molecule is Nc1ncnc2c1c(C#CCCC(=O)CCSSCC(NC(=O)OCC1c3ccccc3-c3ccccc31)C(=O)CCCCCCC(=O)NC(CC(=O)O)C(=O)O)cn2C1CC(O)C(COP(=O)(O)OP(=O)(O)OP(=O)(O)O)O1.O=C(O)CC(NC(=O)CCCCCCC(=O)C(CS)NC(=O)OCC1c2ccccc2-c2ccccc21)C(=O)O. The number of phosphoric acid groups is 3. The summed E-state index contributed by atoms with van der Waals surface area (Å²) in [5.41, 5.74) is 15.3. The Morgan fingerprint density at radius 1 is 0.571 bits per heavy atom. The Bertz CT molecular complexity index is 4780. The second-order valence-corrected chi connectivity index (χ2v) is 34.9. The summed E-state index contributed by atoms with van der Waals surface area (Å²) >= 11 is 4.21. The van der Waals surface area contributed by atoms with E-state index in [9.17, 15) is 86.4 Å². The van der Waals surface area contributed by atoms with E-state index in [1.807, 2.05) is 84.9 Å². The van der Waals surface area contributed by atoms with Crippen LogP contribution in [0.4, 0.5) is 15.4 Å². The van der Waals surface area contributed by atoms with Crippen LogP contribution in [0.15, 0.2) is 110 Å². The fourth-order valence-corrected chi connectivity index (χ4v) is 18.8. The van der Waals surface area contributed by atoms with Crippen LogP contribution in [0.1, 0.15) is 161 Å². The molecule has 1 aliphatic heterocycles. The predicted octanol–water partition coefficient (Wildman–Crippen LogP) is 9.12. The van der Waals surface area contributed by atoms with Gasteiger partial charge in [0.15, 0.2) is 11.6 Å². The number of anilines is 1. The number of alkyl carbamates (subject to hydrolysis) is 2. The Kier molecular flexibility index (Phi) is 36.6. The van der Waals surface area contributed by atoms with Crippen molar-refractivity contribution in [1.29, 1.82) is 0 Å². The second kappa shape index (κ2) is 45.9. The third-order valence-corrected chi connectivity index (χ3v) is 25.5. The highest BCUT2D eigenvalue weighted by Crippen LogP contribution is 2.66. The number of carboxylic acid groups (broad SMARTS) is 4. The summed E-state index contributed by atoms with van der Waals surface area (Å²) in [6.45, 7) is -0.723. The predicted molar refractivity (Wildman–Crippen MR) is 434 cm³/mol. The summed E-state index contributed by atoms with van der Waals surface area (Å²) in [5, 5.41) is 56.6. The zero-order chi connectivity index (χ0) is 86.6. The van der Waals surface area contributed by atoms with Gasteiger partial charge >= 0.3 is 59.5 Å². The minimum Gasteiger partial charge on any atom is -0.481 e. The number of hydrogen-bond acceptors (Lipinski definition) is 27. The number of nitrogens with zero attached hydrogens (tertiary/aromatic N) is 3. The first-order valence-corrected chi connectivity index (χ1v) is 45.1. The first-order chi connectivity index (χ1) is 56.6. The molecule has 4 amide bonds. The van der Waals surface area contributed by atoms with Crippen LogP contribution >= 0.6 is 57.7 Å². The number of unbranched alkanes of at least 4 members (excludes halogenated alkanes) is 6. The maximum atomic E-state index is 13.6. The normalized spacial score (nSPS) is 16.6. The summed E-state index contributed by atoms with van der Waals surface area (Å²) in [6, 6.07) is 27.0. The van der Waals surface area contributed by atoms with E-state index in [4.69, 9.17) is 45.1 Å². The number of nitrogens with one attached hydrogen (secondary N) is 4. The van der Waals surface area contributed by atoms with E-state index >= 15 is 0 Å². The molecule has 6 aromatic rings. The number of thiol groups is 1. The number of hydrogen-bond donors (Lipinski definition) is 15. The molecule has 9 atom stereocenters. The van der Waals surface area contributed by atoms with E-state index in [0.717, 1.165) is 44.5 Å². The number of nitrogens with two attached hydrogens (primary N) is 1. The molecule has 0 saturated carbocycles. The molecular formula is C76H91N8O29P3S3. The molecule has 9 unspecified atom stereocenters. The monoisotopic (exact) mass is 1770 g/mol. The van der Waals surface area contributed by atoms with Crippen molar-refractivity contribution < 1.29 is 139 Å². The van der Waals surface area contributed by atoms with E-state index in [-0.39, 0.29) is 117 Å². The average molecular weight is 1770 g/mol. The largest absolute Gasteiger partial charge is 0.490 e. The average Bonchev–Trinajstić information content (AvgIpc) is 1.63. The molecule has 9 rings (SSSR count). The highest BCUT2D eigenvalue weighted by Gasteiger charge is 2.44. The molecule has 1 fully saturated rings. The van der Waals surface area contributed by atoms with Crippen LogP contribution in [0.5, 0.6) is 0 Å². The van der Waals surface area contributed by atoms with E-state index < -0.39 is 133 Å². The number of aliphatic hydroxyl groups excluding tert-OH is 1. The lowest BCUT2D eigenvalue weighted by molar-refractivity contribution is -0.147. The fourth-order valence-electron chi connectivity index (χ4n) is 13.3. The van der Waals surface area contributed by atoms with Crippen molar-refractivity contribution >= 4 is 140 Å². The van der Waals surface area contributed by atoms with Crippen molar-refractivity contribution in [3.8, 4) is 34.1 Å². The molecule has 4 aromatic carbocycles. The summed E-state index contributed by atoms with van der Waals surface area (Å²) in [5.74, 6) is -0.909. The molecule has 1 saturated heterocycles. The van der Waals surface area contributed by atoms with E-state index in [2.05, 4.69) is 81.0 Å². The van der Waals surface area contributed by atoms with Gasteiger partial charge in [0.1, 0.15) is 67.2 Å². The number of ether oxygens (including phenoxy) is 3. The molecule has 3 aliphatic rings. The molecule has 2 aromatic heterocycles. The van der Waals surface area contributed by atoms with Gasteiger partial charge in [-0.2, -0.15) is 21.3 Å². The van der Waals surface area contributed by atoms with Crippen LogP contribution in [0, 0.1) is 11.8 Å². The summed E-state index contributed by atoms with van der Waals surface area (Å²) in [6.07, 6.45) is 0.858. The van der Waals surface area contributed by atoms with Crippen molar-refractivity contribution in [3.63, 3.8) is 0 Å². The lowest BCUT2D eigenvalue weighted by Crippen LogP contribution is -2.43. The molecule has 2 aliphatic carbocycles. The molecule has 119 heavy (non-hydrogen) atoms. The Morgan fingerprint density at radius 2 is 1.03 bits per heavy atom. The lowest BCUT2D eigenvalue weighted by atomic mass is 9.98. The van der Waals surface area contributed by atoms with Gasteiger partial charge in [-0.1, -0.05) is 156 Å². The summed E-state index contributed by atoms with van der Waals surface area (Å²) < 4.78 is 65.5. The van der Waals surface area contributed by atoms with Crippen LogP contribution in [0.2, 0.25) is 0 Å². The summed E-state index contributed by atoms with van der Waals surface area (Å²) in [7, 11) is -14.3. The highest BCUT2D eigenvalue weighted by atomic mass is 33.1. The maximum absolute atomic E-state index is 13.6. The van der Waals surface area contributed by atoms with Crippen LogP contribution in [0.3, 0.4) is 0 Å². The molecular weight excluding hydrogens is 1680 g/mol. The van der Waals surface area contributed by atoms with Gasteiger partial charge in [0.05, 0.1) is 42.5 Å². The molecule has 3 heterocycles. The Labute approximate surface area is 695 Å². The number of nitrogen functional groups attached to an aromatic ring is 1. The second-order valence-electron chi connectivity index (χ2n) is 27.5. The van der Waals surface area contributed by atoms with Gasteiger partial charge in [-0.05, 0) is 70.2 Å². The number of carboxylic acids is 4. The molecule has 642 valence electrons. The number of aliphatic hydroxyl groups is 1. The zero-order valence-corrected chi connectivity index (χ0v) is 69.0. The third kappa shape index (κ3) is 29.8. The number of fused-ring (bicyclic) bond motifs is 7. The molecule has 0 bridgehead atoms. The minimum atomic E-state index is -5.78. The molecule has 0 radical (unpaired) electrons. The van der Waals surface area contributed by atoms with Gasteiger partial charge < -0.3 is 90.9 Å². The first-order valence-electron chi connectivity index (χ1n) is 37.5. The first kappa shape index (κ1) is 95.1. The number of rotatable bonds is 47. The number of aliphatic carboxylic acids is 4. The molecule has 43 heteroatoms. The lowest BCUT2D eigenvalue weighted by Gasteiger charge is -2.19. The number of ketones is 3. The number of Topliss-reactive ketones (excluding diaryl/α,β-unsaturated/α-hetero) is 3. The maximum Gasteiger partial charge on any atom is 0.490 e. The van der Waals surface area contributed by atoms with Gasteiger partial charge in [0.25, 0.3) is 0 Å². The van der Waals surface area contributed by atoms with Crippen LogP contribution in [-0.2, 0) is 84.2 Å². The van der Waals surface area contributed by atoms with Gasteiger partial charge in [0, 0.05) is 86.7 Å². The quantitative estimate of drug-likeness (QED) is 0.00556. The smallest absolute Gasteiger partial charge is 0.481 e. The number of aromatic nitrogens is 3. The summed E-state index contributed by atoms with van der Waals surface area (Å²) in [4.78, 5) is 178. The van der Waals surface area contributed by atoms with Crippen LogP contribution in [0.25, 0.3) is 33.3 Å². The Hall–Kier alpha value is -9.39. The van der Waals surface area contributed by atoms with Crippen molar-refractivity contribution in [3.05, 3.63) is 137 Å². The zero-order valence-electron chi connectivity index (χ0n) is 63.8. The number of amides is 4.